The summed E-state index contributed by atoms with van der Waals surface area (Å²) in [5, 5.41) is 10.0. The van der Waals surface area contributed by atoms with Crippen LogP contribution in [-0.4, -0.2) is 28.5 Å². The maximum atomic E-state index is 11.9. The fourth-order valence-corrected chi connectivity index (χ4v) is 3.17. The van der Waals surface area contributed by atoms with Gasteiger partial charge < -0.3 is 10.0 Å². The third-order valence-corrected chi connectivity index (χ3v) is 4.38. The minimum absolute atomic E-state index is 0.0406. The molecule has 2 heterocycles. The summed E-state index contributed by atoms with van der Waals surface area (Å²) in [6.07, 6.45) is 3.08. The monoisotopic (exact) mass is 302 g/mol. The number of anilines is 1. The Hall–Kier alpha value is -2.21. The second-order valence-electron chi connectivity index (χ2n) is 5.00. The number of hydrogen-bond acceptors (Lipinski definition) is 4. The Bertz CT molecular complexity index is 723. The predicted octanol–water partition coefficient (Wildman–Crippen LogP) is 2.94. The second kappa shape index (κ2) is 5.29. The number of carboxylic acid groups (broad SMARTS) is 1. The largest absolute Gasteiger partial charge is 0.478 e. The average molecular weight is 302 g/mol. The van der Waals surface area contributed by atoms with Crippen molar-refractivity contribution in [3.05, 3.63) is 34.8 Å². The van der Waals surface area contributed by atoms with Gasteiger partial charge in [-0.2, -0.15) is 0 Å². The molecule has 1 amide bonds. The molecule has 2 aromatic rings. The number of carbonyl (C=O) groups is 2. The van der Waals surface area contributed by atoms with E-state index >= 15 is 0 Å². The van der Waals surface area contributed by atoms with Gasteiger partial charge in [0.1, 0.15) is 5.01 Å². The zero-order valence-electron chi connectivity index (χ0n) is 11.5. The van der Waals surface area contributed by atoms with E-state index in [1.807, 2.05) is 13.0 Å². The molecule has 1 N–H and O–H groups in total. The van der Waals surface area contributed by atoms with Crippen LogP contribution in [0.3, 0.4) is 0 Å². The van der Waals surface area contributed by atoms with Crippen molar-refractivity contribution in [2.45, 2.75) is 19.8 Å². The van der Waals surface area contributed by atoms with E-state index < -0.39 is 5.97 Å². The van der Waals surface area contributed by atoms with Crippen LogP contribution in [0.5, 0.6) is 0 Å². The Labute approximate surface area is 125 Å². The lowest BCUT2D eigenvalue weighted by Crippen LogP contribution is -2.24. The number of carboxylic acids is 1. The fraction of sp³-hybridized carbons (Fsp3) is 0.267. The first-order valence-corrected chi connectivity index (χ1v) is 7.48. The number of amides is 1. The molecule has 0 bridgehead atoms. The Balaban J connectivity index is 2.10. The first-order chi connectivity index (χ1) is 10.0. The third-order valence-electron chi connectivity index (χ3n) is 3.42. The highest BCUT2D eigenvalue weighted by molar-refractivity contribution is 7.14. The Kier molecular flexibility index (Phi) is 3.47. The number of aryl methyl sites for hydroxylation is 1. The topological polar surface area (TPSA) is 70.5 Å². The summed E-state index contributed by atoms with van der Waals surface area (Å²) in [7, 11) is 0. The normalized spacial score (nSPS) is 14.7. The fourth-order valence-electron chi connectivity index (χ4n) is 2.42. The highest BCUT2D eigenvalue weighted by Crippen LogP contribution is 2.31. The maximum absolute atomic E-state index is 11.9. The molecule has 108 valence electrons. The summed E-state index contributed by atoms with van der Waals surface area (Å²) in [5.41, 5.74) is 1.55. The lowest BCUT2D eigenvalue weighted by molar-refractivity contribution is -0.117. The van der Waals surface area contributed by atoms with Gasteiger partial charge in [-0.15, -0.1) is 11.3 Å². The molecule has 0 unspecified atom stereocenters. The number of thiazole rings is 1. The van der Waals surface area contributed by atoms with E-state index in [-0.39, 0.29) is 11.5 Å². The Morgan fingerprint density at radius 2 is 2.19 bits per heavy atom. The van der Waals surface area contributed by atoms with Gasteiger partial charge >= 0.3 is 5.97 Å². The molecule has 0 saturated carbocycles. The van der Waals surface area contributed by atoms with Crippen LogP contribution in [0.25, 0.3) is 10.6 Å². The molecular formula is C15H14N2O3S. The molecule has 1 aliphatic heterocycles. The summed E-state index contributed by atoms with van der Waals surface area (Å²) in [5.74, 6) is -0.961. The van der Waals surface area contributed by atoms with Crippen LogP contribution in [0.15, 0.2) is 24.4 Å². The van der Waals surface area contributed by atoms with Crippen LogP contribution in [0, 0.1) is 6.92 Å². The molecule has 21 heavy (non-hydrogen) atoms. The SMILES string of the molecule is Cc1cnc(-c2cc(C(=O)O)cc(N3CCCC3=O)c2)s1. The lowest BCUT2D eigenvalue weighted by Gasteiger charge is -2.17. The van der Waals surface area contributed by atoms with Crippen LogP contribution >= 0.6 is 11.3 Å². The molecule has 0 spiro atoms. The van der Waals surface area contributed by atoms with Crippen molar-refractivity contribution in [3.63, 3.8) is 0 Å². The quantitative estimate of drug-likeness (QED) is 0.946. The molecule has 0 aliphatic carbocycles. The first kappa shape index (κ1) is 13.8. The Morgan fingerprint density at radius 3 is 2.76 bits per heavy atom. The molecule has 1 aliphatic rings. The van der Waals surface area contributed by atoms with Gasteiger partial charge in [-0.3, -0.25) is 4.79 Å². The van der Waals surface area contributed by atoms with Crippen molar-refractivity contribution in [1.29, 1.82) is 0 Å². The summed E-state index contributed by atoms with van der Waals surface area (Å²) < 4.78 is 0. The molecule has 1 aromatic heterocycles. The van der Waals surface area contributed by atoms with Gasteiger partial charge in [0.25, 0.3) is 0 Å². The number of benzene rings is 1. The van der Waals surface area contributed by atoms with Gasteiger partial charge in [-0.05, 0) is 31.5 Å². The van der Waals surface area contributed by atoms with E-state index in [1.165, 1.54) is 11.3 Å². The second-order valence-corrected chi connectivity index (χ2v) is 6.23. The van der Waals surface area contributed by atoms with Gasteiger partial charge in [0.2, 0.25) is 5.91 Å². The standard InChI is InChI=1S/C15H14N2O3S/c1-9-8-16-14(21-9)10-5-11(15(19)20)7-12(6-10)17-4-2-3-13(17)18/h5-8H,2-4H2,1H3,(H,19,20). The highest BCUT2D eigenvalue weighted by Gasteiger charge is 2.23. The lowest BCUT2D eigenvalue weighted by atomic mass is 10.1. The Morgan fingerprint density at radius 1 is 1.38 bits per heavy atom. The van der Waals surface area contributed by atoms with Crippen molar-refractivity contribution in [3.8, 4) is 10.6 Å². The number of carbonyl (C=O) groups excluding carboxylic acids is 1. The molecular weight excluding hydrogens is 288 g/mol. The van der Waals surface area contributed by atoms with E-state index in [0.717, 1.165) is 21.9 Å². The number of hydrogen-bond donors (Lipinski definition) is 1. The summed E-state index contributed by atoms with van der Waals surface area (Å²) in [6, 6.07) is 4.99. The van der Waals surface area contributed by atoms with Gasteiger partial charge in [0.05, 0.1) is 5.56 Å². The molecule has 1 saturated heterocycles. The average Bonchev–Trinajstić information content (AvgIpc) is 3.07. The van der Waals surface area contributed by atoms with Crippen molar-refractivity contribution in [1.82, 2.24) is 4.98 Å². The number of nitrogens with zero attached hydrogens (tertiary/aromatic N) is 2. The molecule has 5 nitrogen and oxygen atoms in total. The first-order valence-electron chi connectivity index (χ1n) is 6.66. The van der Waals surface area contributed by atoms with E-state index in [0.29, 0.717) is 18.7 Å². The van der Waals surface area contributed by atoms with Crippen LogP contribution in [0.1, 0.15) is 28.1 Å². The zero-order valence-corrected chi connectivity index (χ0v) is 12.3. The summed E-state index contributed by atoms with van der Waals surface area (Å²) in [4.78, 5) is 30.2. The summed E-state index contributed by atoms with van der Waals surface area (Å²) in [6.45, 7) is 2.59. The smallest absolute Gasteiger partial charge is 0.335 e. The van der Waals surface area contributed by atoms with Crippen LogP contribution < -0.4 is 4.90 Å². The predicted molar refractivity (Wildman–Crippen MR) is 80.8 cm³/mol. The van der Waals surface area contributed by atoms with Gasteiger partial charge in [0, 0.05) is 35.3 Å². The molecule has 3 rings (SSSR count). The summed E-state index contributed by atoms with van der Waals surface area (Å²) >= 11 is 1.51. The van der Waals surface area contributed by atoms with Crippen molar-refractivity contribution >= 4 is 28.9 Å². The zero-order chi connectivity index (χ0) is 15.0. The number of aromatic nitrogens is 1. The minimum atomic E-state index is -1.00. The molecule has 0 atom stereocenters. The van der Waals surface area contributed by atoms with Gasteiger partial charge in [-0.1, -0.05) is 0 Å². The third kappa shape index (κ3) is 2.67. The van der Waals surface area contributed by atoms with Gasteiger partial charge in [0.15, 0.2) is 0 Å². The molecule has 0 radical (unpaired) electrons. The van der Waals surface area contributed by atoms with Gasteiger partial charge in [-0.25, -0.2) is 9.78 Å². The van der Waals surface area contributed by atoms with E-state index in [2.05, 4.69) is 4.98 Å². The van der Waals surface area contributed by atoms with E-state index in [1.54, 1.807) is 23.2 Å². The van der Waals surface area contributed by atoms with E-state index in [9.17, 15) is 14.7 Å². The highest BCUT2D eigenvalue weighted by atomic mass is 32.1. The van der Waals surface area contributed by atoms with Crippen LogP contribution in [0.2, 0.25) is 0 Å². The van der Waals surface area contributed by atoms with Crippen LogP contribution in [0.4, 0.5) is 5.69 Å². The molecule has 1 aromatic carbocycles. The van der Waals surface area contributed by atoms with Crippen molar-refractivity contribution in [2.24, 2.45) is 0 Å². The van der Waals surface area contributed by atoms with E-state index in [4.69, 9.17) is 0 Å². The van der Waals surface area contributed by atoms with Crippen molar-refractivity contribution < 1.29 is 14.7 Å². The van der Waals surface area contributed by atoms with Crippen LogP contribution in [-0.2, 0) is 4.79 Å². The minimum Gasteiger partial charge on any atom is -0.478 e. The number of aromatic carboxylic acids is 1. The maximum Gasteiger partial charge on any atom is 0.335 e. The van der Waals surface area contributed by atoms with Crippen molar-refractivity contribution in [2.75, 3.05) is 11.4 Å². The number of rotatable bonds is 3. The molecule has 6 heteroatoms. The molecule has 1 fully saturated rings.